The SMILES string of the molecule is COc1ccc(C(C)(C)C)cc1CN[C@H]1[C@H](C(C)(C)C)[C@@H](C(=O)O)N(C(=O)c2cnn(-c3ccccc3)c2C)[C@H]1c1ccccc1. The molecule has 1 fully saturated rings. The Morgan fingerprint density at radius 3 is 2.13 bits per heavy atom. The molecule has 0 spiro atoms. The summed E-state index contributed by atoms with van der Waals surface area (Å²) in [7, 11) is 1.66. The average molecular weight is 623 g/mol. The van der Waals surface area contributed by atoms with Gasteiger partial charge in [-0.25, -0.2) is 9.48 Å². The number of nitrogens with one attached hydrogen (secondary N) is 1. The van der Waals surface area contributed by atoms with Gasteiger partial charge in [-0.15, -0.1) is 0 Å². The van der Waals surface area contributed by atoms with E-state index in [1.165, 1.54) is 5.56 Å². The molecule has 4 aromatic rings. The van der Waals surface area contributed by atoms with Crippen LogP contribution in [0.2, 0.25) is 0 Å². The number of carboxylic acids is 1. The molecule has 1 aromatic heterocycles. The van der Waals surface area contributed by atoms with Gasteiger partial charge in [-0.1, -0.05) is 102 Å². The molecular weight excluding hydrogens is 576 g/mol. The molecule has 4 atom stereocenters. The summed E-state index contributed by atoms with van der Waals surface area (Å²) < 4.78 is 7.48. The topological polar surface area (TPSA) is 96.7 Å². The van der Waals surface area contributed by atoms with Gasteiger partial charge < -0.3 is 20.1 Å². The van der Waals surface area contributed by atoms with Crippen LogP contribution in [0.1, 0.15) is 80.3 Å². The van der Waals surface area contributed by atoms with Crippen LogP contribution in [-0.2, 0) is 16.8 Å². The minimum Gasteiger partial charge on any atom is -0.496 e. The standard InChI is InChI=1S/C38H46N4O4/c1-24-29(23-40-42(24)28-17-13-10-14-18-28)35(43)41-33(25-15-11-9-12-16-25)32(31(38(5,6)7)34(41)36(44)45)39-22-26-21-27(37(2,3)4)19-20-30(26)46-8/h9-21,23,31-34,39H,22H2,1-8H3,(H,44,45)/t31-,32-,33-,34-/m0/s1. The van der Waals surface area contributed by atoms with Gasteiger partial charge in [0.1, 0.15) is 11.8 Å². The molecule has 1 aliphatic heterocycles. The van der Waals surface area contributed by atoms with Crippen LogP contribution in [-0.4, -0.2) is 50.9 Å². The molecule has 8 heteroatoms. The minimum absolute atomic E-state index is 0.0609. The number of carboxylic acid groups (broad SMARTS) is 1. The summed E-state index contributed by atoms with van der Waals surface area (Å²) in [5, 5.41) is 19.2. The van der Waals surface area contributed by atoms with E-state index in [1.54, 1.807) is 22.9 Å². The molecule has 46 heavy (non-hydrogen) atoms. The summed E-state index contributed by atoms with van der Waals surface area (Å²) in [4.78, 5) is 29.6. The lowest BCUT2D eigenvalue weighted by atomic mass is 9.72. The molecule has 2 N–H and O–H groups in total. The maximum atomic E-state index is 14.7. The van der Waals surface area contributed by atoms with Gasteiger partial charge in [-0.05, 0) is 47.1 Å². The Hall–Kier alpha value is -4.43. The summed E-state index contributed by atoms with van der Waals surface area (Å²) in [5.41, 5.74) is 4.35. The summed E-state index contributed by atoms with van der Waals surface area (Å²) in [6.45, 7) is 15.0. The number of benzene rings is 3. The third-order valence-corrected chi connectivity index (χ3v) is 9.21. The zero-order chi connectivity index (χ0) is 33.4. The van der Waals surface area contributed by atoms with E-state index in [-0.39, 0.29) is 17.4 Å². The number of likely N-dealkylation sites (tertiary alicyclic amines) is 1. The number of carbonyl (C=O) groups is 2. The molecule has 0 saturated carbocycles. The lowest BCUT2D eigenvalue weighted by Crippen LogP contribution is -2.48. The van der Waals surface area contributed by atoms with Crippen LogP contribution in [0.25, 0.3) is 5.69 Å². The Morgan fingerprint density at radius 2 is 1.57 bits per heavy atom. The molecule has 1 aliphatic rings. The Bertz CT molecular complexity index is 1690. The third kappa shape index (κ3) is 6.31. The molecule has 3 aromatic carbocycles. The van der Waals surface area contributed by atoms with Crippen molar-refractivity contribution in [3.63, 3.8) is 0 Å². The van der Waals surface area contributed by atoms with Crippen LogP contribution in [0.4, 0.5) is 0 Å². The molecule has 1 amide bonds. The fourth-order valence-electron chi connectivity index (χ4n) is 6.91. The molecule has 8 nitrogen and oxygen atoms in total. The van der Waals surface area contributed by atoms with E-state index in [0.29, 0.717) is 17.8 Å². The van der Waals surface area contributed by atoms with E-state index in [1.807, 2.05) is 73.7 Å². The molecule has 0 radical (unpaired) electrons. The van der Waals surface area contributed by atoms with Crippen molar-refractivity contribution in [2.75, 3.05) is 7.11 Å². The van der Waals surface area contributed by atoms with Crippen LogP contribution < -0.4 is 10.1 Å². The lowest BCUT2D eigenvalue weighted by Gasteiger charge is -2.35. The van der Waals surface area contributed by atoms with Crippen molar-refractivity contribution in [3.8, 4) is 11.4 Å². The first-order valence-corrected chi connectivity index (χ1v) is 15.8. The third-order valence-electron chi connectivity index (χ3n) is 9.21. The first-order chi connectivity index (χ1) is 21.7. The van der Waals surface area contributed by atoms with Crippen molar-refractivity contribution in [1.29, 1.82) is 0 Å². The highest BCUT2D eigenvalue weighted by Gasteiger charge is 2.58. The number of nitrogens with zero attached hydrogens (tertiary/aromatic N) is 3. The number of rotatable bonds is 8. The van der Waals surface area contributed by atoms with Gasteiger partial charge in [-0.3, -0.25) is 4.79 Å². The summed E-state index contributed by atoms with van der Waals surface area (Å²) in [6.07, 6.45) is 1.56. The van der Waals surface area contributed by atoms with Gasteiger partial charge in [0.2, 0.25) is 0 Å². The van der Waals surface area contributed by atoms with Gasteiger partial charge in [0.25, 0.3) is 5.91 Å². The molecule has 0 unspecified atom stereocenters. The fourth-order valence-corrected chi connectivity index (χ4v) is 6.91. The normalized spacial score (nSPS) is 20.1. The van der Waals surface area contributed by atoms with Gasteiger partial charge in [-0.2, -0.15) is 5.10 Å². The number of hydrogen-bond donors (Lipinski definition) is 2. The van der Waals surface area contributed by atoms with E-state index in [2.05, 4.69) is 64.1 Å². The fraction of sp³-hybridized carbons (Fsp3) is 0.395. The van der Waals surface area contributed by atoms with E-state index >= 15 is 0 Å². The Kier molecular flexibility index (Phi) is 9.14. The van der Waals surface area contributed by atoms with Crippen LogP contribution in [0.5, 0.6) is 5.75 Å². The van der Waals surface area contributed by atoms with Gasteiger partial charge >= 0.3 is 5.97 Å². The lowest BCUT2D eigenvalue weighted by molar-refractivity contribution is -0.144. The molecule has 0 aliphatic carbocycles. The first kappa shape index (κ1) is 32.9. The first-order valence-electron chi connectivity index (χ1n) is 15.8. The minimum atomic E-state index is -1.09. The molecular formula is C38H46N4O4. The largest absolute Gasteiger partial charge is 0.496 e. The van der Waals surface area contributed by atoms with Crippen molar-refractivity contribution in [2.45, 2.75) is 78.6 Å². The quantitative estimate of drug-likeness (QED) is 0.221. The van der Waals surface area contributed by atoms with Crippen LogP contribution in [0.3, 0.4) is 0 Å². The number of hydrogen-bond acceptors (Lipinski definition) is 5. The summed E-state index contributed by atoms with van der Waals surface area (Å²) >= 11 is 0. The van der Waals surface area contributed by atoms with Gasteiger partial charge in [0, 0.05) is 24.1 Å². The van der Waals surface area contributed by atoms with Gasteiger partial charge in [0.15, 0.2) is 0 Å². The number of carbonyl (C=O) groups excluding carboxylic acids is 1. The van der Waals surface area contributed by atoms with Crippen molar-refractivity contribution in [2.24, 2.45) is 11.3 Å². The number of ether oxygens (including phenoxy) is 1. The smallest absolute Gasteiger partial charge is 0.326 e. The molecule has 1 saturated heterocycles. The van der Waals surface area contributed by atoms with Gasteiger partial charge in [0.05, 0.1) is 36.3 Å². The van der Waals surface area contributed by atoms with Crippen molar-refractivity contribution < 1.29 is 19.4 Å². The van der Waals surface area contributed by atoms with Crippen molar-refractivity contribution in [3.05, 3.63) is 113 Å². The van der Waals surface area contributed by atoms with Crippen molar-refractivity contribution >= 4 is 11.9 Å². The predicted molar refractivity (Wildman–Crippen MR) is 180 cm³/mol. The number of aliphatic carboxylic acids is 1. The average Bonchev–Trinajstić information content (AvgIpc) is 3.58. The second-order valence-corrected chi connectivity index (χ2v) is 14.3. The van der Waals surface area contributed by atoms with Crippen LogP contribution >= 0.6 is 0 Å². The van der Waals surface area contributed by atoms with E-state index in [0.717, 1.165) is 22.6 Å². The van der Waals surface area contributed by atoms with E-state index in [4.69, 9.17) is 4.74 Å². The molecule has 0 bridgehead atoms. The van der Waals surface area contributed by atoms with Crippen LogP contribution in [0, 0.1) is 18.3 Å². The van der Waals surface area contributed by atoms with Crippen LogP contribution in [0.15, 0.2) is 85.1 Å². The molecule has 242 valence electrons. The second-order valence-electron chi connectivity index (χ2n) is 14.3. The zero-order valence-corrected chi connectivity index (χ0v) is 28.1. The Balaban J connectivity index is 1.63. The zero-order valence-electron chi connectivity index (χ0n) is 28.1. The Labute approximate surface area is 272 Å². The summed E-state index contributed by atoms with van der Waals surface area (Å²) in [5.74, 6) is -1.06. The van der Waals surface area contributed by atoms with E-state index in [9.17, 15) is 14.7 Å². The Morgan fingerprint density at radius 1 is 0.935 bits per heavy atom. The second kappa shape index (κ2) is 12.8. The highest BCUT2D eigenvalue weighted by molar-refractivity contribution is 5.98. The maximum Gasteiger partial charge on any atom is 0.326 e. The highest BCUT2D eigenvalue weighted by Crippen LogP contribution is 2.49. The number of methoxy groups -OCH3 is 1. The predicted octanol–water partition coefficient (Wildman–Crippen LogP) is 6.96. The highest BCUT2D eigenvalue weighted by atomic mass is 16.5. The molecule has 2 heterocycles. The number of amides is 1. The summed E-state index contributed by atoms with van der Waals surface area (Å²) in [6, 6.07) is 23.6. The van der Waals surface area contributed by atoms with Crippen molar-refractivity contribution in [1.82, 2.24) is 20.0 Å². The van der Waals surface area contributed by atoms with E-state index < -0.39 is 29.4 Å². The number of para-hydroxylation sites is 1. The maximum absolute atomic E-state index is 14.7. The monoisotopic (exact) mass is 622 g/mol. The molecule has 5 rings (SSSR count). The number of aromatic nitrogens is 2.